The summed E-state index contributed by atoms with van der Waals surface area (Å²) < 4.78 is 0. The summed E-state index contributed by atoms with van der Waals surface area (Å²) in [4.78, 5) is 36.0. The maximum Gasteiger partial charge on any atom is 0.252 e. The normalized spacial score (nSPS) is 12.8. The van der Waals surface area contributed by atoms with Gasteiger partial charge in [-0.3, -0.25) is 14.4 Å². The van der Waals surface area contributed by atoms with Crippen LogP contribution in [0.15, 0.2) is 30.3 Å². The first-order valence-corrected chi connectivity index (χ1v) is 6.28. The van der Waals surface area contributed by atoms with E-state index >= 15 is 0 Å². The van der Waals surface area contributed by atoms with Gasteiger partial charge >= 0.3 is 0 Å². The quantitative estimate of drug-likeness (QED) is 0.673. The molecule has 0 bridgehead atoms. The van der Waals surface area contributed by atoms with Crippen molar-refractivity contribution in [3.63, 3.8) is 0 Å². The van der Waals surface area contributed by atoms with Crippen LogP contribution in [0.1, 0.15) is 42.2 Å². The van der Waals surface area contributed by atoms with Gasteiger partial charge in [0, 0.05) is 16.7 Å². The zero-order valence-corrected chi connectivity index (χ0v) is 11.1. The Morgan fingerprint density at radius 2 is 1.57 bits per heavy atom. The van der Waals surface area contributed by atoms with Gasteiger partial charge < -0.3 is 10.2 Å². The molecule has 3 rings (SSSR count). The molecule has 2 N–H and O–H groups in total. The van der Waals surface area contributed by atoms with Crippen LogP contribution in [-0.2, 0) is 0 Å². The van der Waals surface area contributed by atoms with Crippen molar-refractivity contribution in [1.29, 1.82) is 0 Å². The predicted octanol–water partition coefficient (Wildman–Crippen LogP) is 2.25. The fraction of sp³-hybridized carbons (Fsp3) is 0. The second kappa shape index (κ2) is 4.43. The Labute approximate surface area is 123 Å². The molecule has 0 unspecified atom stereocenters. The first kappa shape index (κ1) is 13.3. The lowest BCUT2D eigenvalue weighted by molar-refractivity contribution is 0.0973. The summed E-state index contributed by atoms with van der Waals surface area (Å²) in [5.41, 5.74) is -0.572. The van der Waals surface area contributed by atoms with E-state index in [1.54, 1.807) is 0 Å². The maximum absolute atomic E-state index is 12.4. The molecule has 1 aliphatic rings. The fourth-order valence-electron chi connectivity index (χ4n) is 2.40. The number of ketones is 2. The van der Waals surface area contributed by atoms with Gasteiger partial charge in [0.15, 0.2) is 5.78 Å². The third kappa shape index (κ3) is 1.82. The number of phenolic OH excluding ortho intramolecular Hbond substituents is 2. The topological polar surface area (TPSA) is 91.7 Å². The third-order valence-corrected chi connectivity index (χ3v) is 3.55. The molecule has 0 saturated carbocycles. The smallest absolute Gasteiger partial charge is 0.252 e. The van der Waals surface area contributed by atoms with Crippen molar-refractivity contribution in [2.75, 3.05) is 0 Å². The molecule has 6 heteroatoms. The van der Waals surface area contributed by atoms with Crippen LogP contribution in [0.3, 0.4) is 0 Å². The first-order valence-electron chi connectivity index (χ1n) is 5.90. The fourth-order valence-corrected chi connectivity index (χ4v) is 2.51. The molecular weight excluding hydrogens is 296 g/mol. The molecule has 0 amide bonds. The van der Waals surface area contributed by atoms with E-state index in [-0.39, 0.29) is 33.6 Å². The average Bonchev–Trinajstić information content (AvgIpc) is 2.43. The molecule has 5 nitrogen and oxygen atoms in total. The van der Waals surface area contributed by atoms with Gasteiger partial charge in [0.2, 0.25) is 5.78 Å². The summed E-state index contributed by atoms with van der Waals surface area (Å²) in [5, 5.41) is 18.8. The minimum atomic E-state index is -0.852. The highest BCUT2D eigenvalue weighted by molar-refractivity contribution is 6.67. The molecule has 0 fully saturated rings. The lowest BCUT2D eigenvalue weighted by Gasteiger charge is -2.19. The number of halogens is 1. The van der Waals surface area contributed by atoms with Crippen molar-refractivity contribution in [2.45, 2.75) is 0 Å². The summed E-state index contributed by atoms with van der Waals surface area (Å²) in [5.74, 6) is -2.11. The molecule has 0 saturated heterocycles. The second-order valence-corrected chi connectivity index (χ2v) is 4.89. The zero-order valence-electron chi connectivity index (χ0n) is 10.4. The summed E-state index contributed by atoms with van der Waals surface area (Å²) in [7, 11) is 0. The number of carbonyl (C=O) groups is 3. The number of aromatic hydroxyl groups is 2. The zero-order chi connectivity index (χ0) is 15.3. The monoisotopic (exact) mass is 302 g/mol. The third-order valence-electron chi connectivity index (χ3n) is 3.33. The van der Waals surface area contributed by atoms with Gasteiger partial charge in [-0.25, -0.2) is 0 Å². The van der Waals surface area contributed by atoms with Crippen molar-refractivity contribution in [2.24, 2.45) is 0 Å². The molecule has 0 atom stereocenters. The minimum Gasteiger partial charge on any atom is -0.507 e. The molecule has 0 aromatic heterocycles. The van der Waals surface area contributed by atoms with E-state index in [4.69, 9.17) is 11.6 Å². The highest BCUT2D eigenvalue weighted by Gasteiger charge is 2.34. The highest BCUT2D eigenvalue weighted by atomic mass is 35.5. The van der Waals surface area contributed by atoms with Gasteiger partial charge in [0.1, 0.15) is 11.5 Å². The van der Waals surface area contributed by atoms with Crippen LogP contribution in [0.4, 0.5) is 0 Å². The van der Waals surface area contributed by atoms with Crippen LogP contribution in [0.2, 0.25) is 0 Å². The highest BCUT2D eigenvalue weighted by Crippen LogP contribution is 2.37. The van der Waals surface area contributed by atoms with Crippen LogP contribution < -0.4 is 0 Å². The standard InChI is InChI=1S/C15H7ClO5/c16-15(21)6-4-8-12(10(18)5-6)14(20)11-7(13(8)19)2-1-3-9(11)17/h1-5,17-18H. The molecule has 0 spiro atoms. The second-order valence-electron chi connectivity index (χ2n) is 4.55. The van der Waals surface area contributed by atoms with Gasteiger partial charge in [-0.1, -0.05) is 12.1 Å². The van der Waals surface area contributed by atoms with E-state index in [0.29, 0.717) is 0 Å². The molecule has 104 valence electrons. The van der Waals surface area contributed by atoms with Gasteiger partial charge in [-0.05, 0) is 29.8 Å². The largest absolute Gasteiger partial charge is 0.507 e. The van der Waals surface area contributed by atoms with Crippen LogP contribution in [-0.4, -0.2) is 27.0 Å². The van der Waals surface area contributed by atoms with E-state index in [1.807, 2.05) is 0 Å². The SMILES string of the molecule is O=C(Cl)c1cc(O)c2c(c1)C(=O)c1cccc(O)c1C2=O. The Kier molecular flexibility index (Phi) is 2.81. The summed E-state index contributed by atoms with van der Waals surface area (Å²) in [6, 6.07) is 6.29. The molecule has 2 aromatic rings. The van der Waals surface area contributed by atoms with Gasteiger partial charge in [0.25, 0.3) is 5.24 Å². The van der Waals surface area contributed by atoms with Crippen LogP contribution in [0, 0.1) is 0 Å². The number of fused-ring (bicyclic) bond motifs is 2. The average molecular weight is 303 g/mol. The number of hydrogen-bond donors (Lipinski definition) is 2. The Hall–Kier alpha value is -2.66. The Morgan fingerprint density at radius 1 is 0.905 bits per heavy atom. The van der Waals surface area contributed by atoms with E-state index in [0.717, 1.165) is 12.1 Å². The van der Waals surface area contributed by atoms with Crippen molar-refractivity contribution in [3.8, 4) is 11.5 Å². The predicted molar refractivity (Wildman–Crippen MR) is 73.3 cm³/mol. The number of carbonyl (C=O) groups excluding carboxylic acids is 3. The van der Waals surface area contributed by atoms with Crippen LogP contribution in [0.25, 0.3) is 0 Å². The van der Waals surface area contributed by atoms with Gasteiger partial charge in [-0.2, -0.15) is 0 Å². The Bertz CT molecular complexity index is 838. The lowest BCUT2D eigenvalue weighted by Crippen LogP contribution is -2.21. The molecule has 2 aromatic carbocycles. The Balaban J connectivity index is 2.36. The van der Waals surface area contributed by atoms with Crippen molar-refractivity contribution in [1.82, 2.24) is 0 Å². The van der Waals surface area contributed by atoms with Crippen molar-refractivity contribution < 1.29 is 24.6 Å². The maximum atomic E-state index is 12.4. The van der Waals surface area contributed by atoms with E-state index in [2.05, 4.69) is 0 Å². The number of benzene rings is 2. The van der Waals surface area contributed by atoms with Crippen LogP contribution >= 0.6 is 11.6 Å². The molecule has 1 aliphatic carbocycles. The van der Waals surface area contributed by atoms with Crippen LogP contribution in [0.5, 0.6) is 11.5 Å². The first-order chi connectivity index (χ1) is 9.91. The molecule has 21 heavy (non-hydrogen) atoms. The minimum absolute atomic E-state index is 0.0195. The van der Waals surface area contributed by atoms with Gasteiger partial charge in [-0.15, -0.1) is 0 Å². The summed E-state index contributed by atoms with van der Waals surface area (Å²) in [6.45, 7) is 0. The van der Waals surface area contributed by atoms with E-state index < -0.39 is 22.6 Å². The number of rotatable bonds is 1. The number of phenols is 2. The molecule has 0 radical (unpaired) electrons. The lowest BCUT2D eigenvalue weighted by atomic mass is 9.82. The molecule has 0 aliphatic heterocycles. The summed E-state index contributed by atoms with van der Waals surface area (Å²) >= 11 is 5.34. The molecule has 0 heterocycles. The van der Waals surface area contributed by atoms with E-state index in [9.17, 15) is 24.6 Å². The summed E-state index contributed by atoms with van der Waals surface area (Å²) in [6.07, 6.45) is 0. The van der Waals surface area contributed by atoms with Crippen molar-refractivity contribution in [3.05, 3.63) is 58.1 Å². The van der Waals surface area contributed by atoms with Crippen molar-refractivity contribution >= 4 is 28.4 Å². The number of hydrogen-bond acceptors (Lipinski definition) is 5. The molecular formula is C15H7ClO5. The van der Waals surface area contributed by atoms with E-state index in [1.165, 1.54) is 18.2 Å². The van der Waals surface area contributed by atoms with Gasteiger partial charge in [0.05, 0.1) is 11.1 Å². The Morgan fingerprint density at radius 3 is 2.24 bits per heavy atom.